The predicted octanol–water partition coefficient (Wildman–Crippen LogP) is 3.55. The van der Waals surface area contributed by atoms with E-state index in [2.05, 4.69) is 17.0 Å². The molecule has 0 spiro atoms. The Labute approximate surface area is 148 Å². The van der Waals surface area contributed by atoms with Crippen molar-refractivity contribution in [1.29, 1.82) is 0 Å². The molecule has 0 unspecified atom stereocenters. The Balaban J connectivity index is 1.61. The molecular formula is C20H20N2O2S. The molecule has 1 aromatic heterocycles. The summed E-state index contributed by atoms with van der Waals surface area (Å²) in [5.41, 5.74) is 4.24. The summed E-state index contributed by atoms with van der Waals surface area (Å²) in [6.07, 6.45) is 1.68. The molecule has 25 heavy (non-hydrogen) atoms. The van der Waals surface area contributed by atoms with E-state index in [4.69, 9.17) is 0 Å². The zero-order valence-corrected chi connectivity index (χ0v) is 14.9. The largest absolute Gasteiger partial charge is 0.289 e. The minimum Gasteiger partial charge on any atom is -0.289 e. The van der Waals surface area contributed by atoms with E-state index in [1.807, 2.05) is 43.3 Å². The molecule has 0 radical (unpaired) electrons. The van der Waals surface area contributed by atoms with Crippen LogP contribution < -0.4 is 0 Å². The van der Waals surface area contributed by atoms with Crippen LogP contribution in [0.4, 0.5) is 0 Å². The number of benzene rings is 2. The van der Waals surface area contributed by atoms with Gasteiger partial charge in [-0.15, -0.1) is 0 Å². The van der Waals surface area contributed by atoms with E-state index in [1.54, 1.807) is 18.3 Å². The van der Waals surface area contributed by atoms with Gasteiger partial charge in [0.05, 0.1) is 10.6 Å². The summed E-state index contributed by atoms with van der Waals surface area (Å²) >= 11 is 0. The van der Waals surface area contributed by atoms with E-state index in [0.717, 1.165) is 29.9 Å². The Morgan fingerprint density at radius 3 is 2.36 bits per heavy atom. The zero-order chi connectivity index (χ0) is 17.4. The number of fused-ring (bicyclic) bond motifs is 1. The lowest BCUT2D eigenvalue weighted by atomic mass is 10.2. The molecule has 3 aromatic rings. The van der Waals surface area contributed by atoms with E-state index >= 15 is 0 Å². The molecule has 0 N–H and O–H groups in total. The van der Waals surface area contributed by atoms with Gasteiger partial charge < -0.3 is 0 Å². The van der Waals surface area contributed by atoms with Crippen LogP contribution in [0.1, 0.15) is 22.4 Å². The van der Waals surface area contributed by atoms with Crippen molar-refractivity contribution >= 4 is 10.0 Å². The lowest BCUT2D eigenvalue weighted by Gasteiger charge is -2.16. The van der Waals surface area contributed by atoms with Gasteiger partial charge in [0.15, 0.2) is 0 Å². The number of aryl methyl sites for hydroxylation is 1. The van der Waals surface area contributed by atoms with Gasteiger partial charge in [-0.2, -0.15) is 0 Å². The Morgan fingerprint density at radius 2 is 1.64 bits per heavy atom. The first-order valence-electron chi connectivity index (χ1n) is 8.32. The minimum atomic E-state index is -3.54. The summed E-state index contributed by atoms with van der Waals surface area (Å²) in [6, 6.07) is 19.2. The third-order valence-corrected chi connectivity index (χ3v) is 6.37. The van der Waals surface area contributed by atoms with Crippen LogP contribution in [-0.2, 0) is 29.7 Å². The van der Waals surface area contributed by atoms with Crippen LogP contribution in [0.3, 0.4) is 0 Å². The van der Waals surface area contributed by atoms with Crippen LogP contribution in [0, 0.1) is 6.92 Å². The first-order valence-corrected chi connectivity index (χ1v) is 9.76. The summed E-state index contributed by atoms with van der Waals surface area (Å²) in [6.45, 7) is 4.19. The number of rotatable bonds is 4. The van der Waals surface area contributed by atoms with Gasteiger partial charge in [-0.1, -0.05) is 48.0 Å². The SMILES string of the molecule is Cc1ccc(S(=O)(=O)n2ccc3c2CN(Cc2ccccc2)C3)cc1. The zero-order valence-electron chi connectivity index (χ0n) is 14.1. The van der Waals surface area contributed by atoms with Gasteiger partial charge in [0, 0.05) is 25.8 Å². The molecular weight excluding hydrogens is 332 g/mol. The third kappa shape index (κ3) is 3.01. The van der Waals surface area contributed by atoms with Crippen LogP contribution in [0.2, 0.25) is 0 Å². The summed E-state index contributed by atoms with van der Waals surface area (Å²) in [4.78, 5) is 2.60. The highest BCUT2D eigenvalue weighted by Gasteiger charge is 2.28. The molecule has 1 aliphatic heterocycles. The molecule has 2 aromatic carbocycles. The summed E-state index contributed by atoms with van der Waals surface area (Å²) in [5.74, 6) is 0. The number of aromatic nitrogens is 1. The van der Waals surface area contributed by atoms with Crippen LogP contribution in [0.15, 0.2) is 71.8 Å². The Bertz CT molecular complexity index is 990. The first kappa shape index (κ1) is 16.1. The van der Waals surface area contributed by atoms with Crippen LogP contribution in [0.5, 0.6) is 0 Å². The molecule has 4 rings (SSSR count). The van der Waals surface area contributed by atoms with Crippen molar-refractivity contribution in [2.45, 2.75) is 31.5 Å². The van der Waals surface area contributed by atoms with Gasteiger partial charge in [-0.3, -0.25) is 4.90 Å². The minimum absolute atomic E-state index is 0.331. The van der Waals surface area contributed by atoms with Crippen LogP contribution in [0.25, 0.3) is 0 Å². The molecule has 4 nitrogen and oxygen atoms in total. The highest BCUT2D eigenvalue weighted by molar-refractivity contribution is 7.90. The highest BCUT2D eigenvalue weighted by atomic mass is 32.2. The van der Waals surface area contributed by atoms with Crippen molar-refractivity contribution in [3.05, 3.63) is 89.2 Å². The van der Waals surface area contributed by atoms with E-state index in [-0.39, 0.29) is 0 Å². The standard InChI is InChI=1S/C20H20N2O2S/c1-16-7-9-19(10-8-16)25(23,24)22-12-11-18-14-21(15-20(18)22)13-17-5-3-2-4-6-17/h2-12H,13-15H2,1H3. The van der Waals surface area contributed by atoms with Crippen molar-refractivity contribution in [3.8, 4) is 0 Å². The van der Waals surface area contributed by atoms with Crippen molar-refractivity contribution in [1.82, 2.24) is 8.87 Å². The number of hydrogen-bond donors (Lipinski definition) is 0. The summed E-state index contributed by atoms with van der Waals surface area (Å²) in [7, 11) is -3.54. The maximum atomic E-state index is 13.0. The fourth-order valence-corrected chi connectivity index (χ4v) is 4.70. The first-order chi connectivity index (χ1) is 12.0. The molecule has 5 heteroatoms. The lowest BCUT2D eigenvalue weighted by Crippen LogP contribution is -2.19. The van der Waals surface area contributed by atoms with Gasteiger partial charge in [0.25, 0.3) is 10.0 Å². The monoisotopic (exact) mass is 352 g/mol. The molecule has 0 aliphatic carbocycles. The third-order valence-electron chi connectivity index (χ3n) is 4.64. The molecule has 1 aliphatic rings. The predicted molar refractivity (Wildman–Crippen MR) is 97.6 cm³/mol. The second-order valence-corrected chi connectivity index (χ2v) is 8.35. The van der Waals surface area contributed by atoms with E-state index in [9.17, 15) is 8.42 Å². The highest BCUT2D eigenvalue weighted by Crippen LogP contribution is 2.28. The van der Waals surface area contributed by atoms with Gasteiger partial charge in [0.1, 0.15) is 0 Å². The Morgan fingerprint density at radius 1 is 0.920 bits per heavy atom. The van der Waals surface area contributed by atoms with E-state index in [1.165, 1.54) is 9.54 Å². The van der Waals surface area contributed by atoms with Crippen LogP contribution in [-0.4, -0.2) is 17.3 Å². The van der Waals surface area contributed by atoms with Crippen molar-refractivity contribution in [2.24, 2.45) is 0 Å². The fraction of sp³-hybridized carbons (Fsp3) is 0.200. The van der Waals surface area contributed by atoms with Gasteiger partial charge in [-0.25, -0.2) is 12.4 Å². The molecule has 2 heterocycles. The topological polar surface area (TPSA) is 42.3 Å². The van der Waals surface area contributed by atoms with E-state index < -0.39 is 10.0 Å². The summed E-state index contributed by atoms with van der Waals surface area (Å²) in [5, 5.41) is 0. The smallest absolute Gasteiger partial charge is 0.267 e. The maximum Gasteiger partial charge on any atom is 0.267 e. The molecule has 0 saturated heterocycles. The molecule has 128 valence electrons. The molecule has 0 amide bonds. The lowest BCUT2D eigenvalue weighted by molar-refractivity contribution is 0.272. The van der Waals surface area contributed by atoms with Gasteiger partial charge in [-0.05, 0) is 36.2 Å². The van der Waals surface area contributed by atoms with Gasteiger partial charge >= 0.3 is 0 Å². The van der Waals surface area contributed by atoms with Crippen molar-refractivity contribution in [3.63, 3.8) is 0 Å². The van der Waals surface area contributed by atoms with E-state index in [0.29, 0.717) is 11.4 Å². The quantitative estimate of drug-likeness (QED) is 0.721. The maximum absolute atomic E-state index is 13.0. The normalized spacial score (nSPS) is 14.6. The number of hydrogen-bond acceptors (Lipinski definition) is 3. The van der Waals surface area contributed by atoms with Crippen molar-refractivity contribution < 1.29 is 8.42 Å². The molecule has 0 bridgehead atoms. The Kier molecular flexibility index (Phi) is 3.98. The molecule has 0 fully saturated rings. The Hall–Kier alpha value is -2.37. The average molecular weight is 352 g/mol. The summed E-state index contributed by atoms with van der Waals surface area (Å²) < 4.78 is 27.4. The number of nitrogens with zero attached hydrogens (tertiary/aromatic N) is 2. The second kappa shape index (κ2) is 6.17. The fourth-order valence-electron chi connectivity index (χ4n) is 3.31. The molecule has 0 atom stereocenters. The van der Waals surface area contributed by atoms with Crippen LogP contribution >= 0.6 is 0 Å². The average Bonchev–Trinajstić information content (AvgIpc) is 3.16. The molecule has 0 saturated carbocycles. The second-order valence-electron chi connectivity index (χ2n) is 6.53. The van der Waals surface area contributed by atoms with Crippen molar-refractivity contribution in [2.75, 3.05) is 0 Å². The van der Waals surface area contributed by atoms with Gasteiger partial charge in [0.2, 0.25) is 0 Å².